The van der Waals surface area contributed by atoms with Gasteiger partial charge < -0.3 is 19.5 Å². The van der Waals surface area contributed by atoms with Crippen molar-refractivity contribution in [2.45, 2.75) is 17.7 Å². The lowest BCUT2D eigenvalue weighted by Gasteiger charge is -2.18. The molecule has 3 rings (SSSR count). The number of hydrogen-bond donors (Lipinski definition) is 2. The van der Waals surface area contributed by atoms with E-state index in [9.17, 15) is 18.0 Å². The topological polar surface area (TPSA) is 123 Å². The molecule has 2 aromatic carbocycles. The summed E-state index contributed by atoms with van der Waals surface area (Å²) in [6, 6.07) is 10.8. The molecule has 1 saturated heterocycles. The smallest absolute Gasteiger partial charge is 0.411 e. The van der Waals surface area contributed by atoms with Crippen molar-refractivity contribution in [3.8, 4) is 5.75 Å². The third-order valence-electron chi connectivity index (χ3n) is 5.00. The fourth-order valence-electron chi connectivity index (χ4n) is 3.34. The van der Waals surface area contributed by atoms with Crippen LogP contribution in [0.2, 0.25) is 0 Å². The second-order valence-corrected chi connectivity index (χ2v) is 9.17. The van der Waals surface area contributed by atoms with Gasteiger partial charge in [-0.3, -0.25) is 10.1 Å². The van der Waals surface area contributed by atoms with Crippen molar-refractivity contribution in [3.63, 3.8) is 0 Å². The van der Waals surface area contributed by atoms with E-state index in [0.29, 0.717) is 24.5 Å². The van der Waals surface area contributed by atoms with Gasteiger partial charge in [-0.25, -0.2) is 13.2 Å². The summed E-state index contributed by atoms with van der Waals surface area (Å²) in [5.74, 6) is -0.327. The third-order valence-corrected chi connectivity index (χ3v) is 6.92. The Hall–Kier alpha value is -3.15. The molecule has 0 unspecified atom stereocenters. The minimum atomic E-state index is -3.78. The fraction of sp³-hybridized carbons (Fsp3) is 0.364. The molecule has 1 aliphatic heterocycles. The lowest BCUT2D eigenvalue weighted by Crippen LogP contribution is -2.28. The first-order chi connectivity index (χ1) is 15.8. The molecule has 0 saturated carbocycles. The Morgan fingerprint density at radius 2 is 1.67 bits per heavy atom. The Labute approximate surface area is 192 Å². The van der Waals surface area contributed by atoms with E-state index < -0.39 is 22.0 Å². The number of benzene rings is 2. The van der Waals surface area contributed by atoms with Crippen molar-refractivity contribution in [2.75, 3.05) is 51.2 Å². The second-order valence-electron chi connectivity index (χ2n) is 7.27. The molecule has 0 aromatic heterocycles. The summed E-state index contributed by atoms with van der Waals surface area (Å²) in [7, 11) is -0.895. The van der Waals surface area contributed by atoms with Gasteiger partial charge in [0, 0.05) is 37.1 Å². The number of carbonyl (C=O) groups is 2. The Morgan fingerprint density at radius 3 is 2.33 bits per heavy atom. The van der Waals surface area contributed by atoms with E-state index >= 15 is 0 Å². The molecule has 1 fully saturated rings. The van der Waals surface area contributed by atoms with E-state index in [-0.39, 0.29) is 29.4 Å². The number of carbonyl (C=O) groups excluding carboxylic acids is 2. The van der Waals surface area contributed by atoms with Crippen molar-refractivity contribution >= 4 is 33.4 Å². The number of ether oxygens (including phenoxy) is 3. The molecule has 11 heteroatoms. The first kappa shape index (κ1) is 24.5. The van der Waals surface area contributed by atoms with Crippen LogP contribution in [-0.2, 0) is 19.5 Å². The van der Waals surface area contributed by atoms with Gasteiger partial charge in [-0.05, 0) is 49.2 Å². The van der Waals surface area contributed by atoms with Crippen LogP contribution in [0.3, 0.4) is 0 Å². The van der Waals surface area contributed by atoms with Gasteiger partial charge in [0.2, 0.25) is 10.0 Å². The van der Waals surface area contributed by atoms with E-state index in [1.54, 1.807) is 24.3 Å². The van der Waals surface area contributed by atoms with Crippen molar-refractivity contribution < 1.29 is 32.2 Å². The maximum atomic E-state index is 13.0. The molecule has 0 bridgehead atoms. The number of nitrogens with one attached hydrogen (secondary N) is 2. The van der Waals surface area contributed by atoms with Crippen LogP contribution in [0, 0.1) is 0 Å². The number of amides is 2. The first-order valence-corrected chi connectivity index (χ1v) is 11.8. The molecule has 1 heterocycles. The van der Waals surface area contributed by atoms with Crippen LogP contribution < -0.4 is 15.4 Å². The predicted molar refractivity (Wildman–Crippen MR) is 122 cm³/mol. The van der Waals surface area contributed by atoms with E-state index in [1.807, 2.05) is 0 Å². The molecule has 2 amide bonds. The number of sulfonamides is 1. The fourth-order valence-corrected chi connectivity index (χ4v) is 5.04. The summed E-state index contributed by atoms with van der Waals surface area (Å²) < 4.78 is 42.5. The molecular weight excluding hydrogens is 450 g/mol. The zero-order valence-corrected chi connectivity index (χ0v) is 19.3. The largest absolute Gasteiger partial charge is 0.495 e. The summed E-state index contributed by atoms with van der Waals surface area (Å²) in [4.78, 5) is 24.6. The highest BCUT2D eigenvalue weighted by atomic mass is 32.2. The van der Waals surface area contributed by atoms with Gasteiger partial charge in [0.15, 0.2) is 0 Å². The molecule has 0 spiro atoms. The van der Waals surface area contributed by atoms with Gasteiger partial charge in [0.05, 0.1) is 13.7 Å². The van der Waals surface area contributed by atoms with Crippen molar-refractivity contribution in [1.82, 2.24) is 4.31 Å². The number of nitrogens with zero attached hydrogens (tertiary/aromatic N) is 1. The zero-order chi connectivity index (χ0) is 23.8. The highest BCUT2D eigenvalue weighted by Gasteiger charge is 2.30. The van der Waals surface area contributed by atoms with E-state index in [4.69, 9.17) is 14.2 Å². The monoisotopic (exact) mass is 477 g/mol. The molecular formula is C22H27N3O7S. The van der Waals surface area contributed by atoms with Crippen LogP contribution in [0.1, 0.15) is 23.2 Å². The van der Waals surface area contributed by atoms with Crippen LogP contribution in [0.5, 0.6) is 5.75 Å². The Balaban J connectivity index is 1.75. The summed E-state index contributed by atoms with van der Waals surface area (Å²) in [5, 5.41) is 5.27. The number of hydrogen-bond acceptors (Lipinski definition) is 7. The molecule has 0 radical (unpaired) electrons. The Bertz CT molecular complexity index is 1100. The quantitative estimate of drug-likeness (QED) is 0.532. The summed E-state index contributed by atoms with van der Waals surface area (Å²) in [5.41, 5.74) is 0.989. The lowest BCUT2D eigenvalue weighted by molar-refractivity contribution is 0.102. The van der Waals surface area contributed by atoms with Crippen LogP contribution in [-0.4, -0.2) is 65.2 Å². The van der Waals surface area contributed by atoms with Crippen molar-refractivity contribution in [1.29, 1.82) is 0 Å². The Morgan fingerprint density at radius 1 is 0.970 bits per heavy atom. The number of methoxy groups -OCH3 is 2. The SMILES string of the molecule is COCCOC(=O)Nc1cccc(NC(=O)c2ccc(OC)c(S(=O)(=O)N3CCCC3)c2)c1. The average Bonchev–Trinajstić information content (AvgIpc) is 3.35. The van der Waals surface area contributed by atoms with Crippen LogP contribution >= 0.6 is 0 Å². The van der Waals surface area contributed by atoms with Crippen LogP contribution in [0.25, 0.3) is 0 Å². The van der Waals surface area contributed by atoms with Gasteiger partial charge in [-0.1, -0.05) is 6.07 Å². The molecule has 1 aliphatic rings. The maximum absolute atomic E-state index is 13.0. The summed E-state index contributed by atoms with van der Waals surface area (Å²) in [6.45, 7) is 1.27. The zero-order valence-electron chi connectivity index (χ0n) is 18.5. The highest BCUT2D eigenvalue weighted by Crippen LogP contribution is 2.30. The number of rotatable bonds is 9. The number of anilines is 2. The molecule has 2 N–H and O–H groups in total. The average molecular weight is 478 g/mol. The second kappa shape index (κ2) is 11.1. The first-order valence-electron chi connectivity index (χ1n) is 10.4. The standard InChI is InChI=1S/C22H27N3O7S/c1-30-12-13-32-22(27)24-18-7-5-6-17(15-18)23-21(26)16-8-9-19(31-2)20(14-16)33(28,29)25-10-3-4-11-25/h5-9,14-15H,3-4,10-13H2,1-2H3,(H,23,26)(H,24,27). The van der Waals surface area contributed by atoms with Crippen molar-refractivity contribution in [2.24, 2.45) is 0 Å². The molecule has 33 heavy (non-hydrogen) atoms. The van der Waals surface area contributed by atoms with Gasteiger partial charge in [0.1, 0.15) is 17.3 Å². The van der Waals surface area contributed by atoms with Crippen LogP contribution in [0.4, 0.5) is 16.2 Å². The van der Waals surface area contributed by atoms with Gasteiger partial charge in [-0.2, -0.15) is 4.31 Å². The normalized spacial score (nSPS) is 14.0. The van der Waals surface area contributed by atoms with Gasteiger partial charge >= 0.3 is 6.09 Å². The third kappa shape index (κ3) is 6.21. The predicted octanol–water partition coefficient (Wildman–Crippen LogP) is 2.93. The minimum absolute atomic E-state index is 0.0474. The molecule has 0 atom stereocenters. The minimum Gasteiger partial charge on any atom is -0.495 e. The summed E-state index contributed by atoms with van der Waals surface area (Å²) >= 11 is 0. The van der Waals surface area contributed by atoms with E-state index in [1.165, 1.54) is 36.7 Å². The Kier molecular flexibility index (Phi) is 8.26. The summed E-state index contributed by atoms with van der Waals surface area (Å²) in [6.07, 6.45) is 0.945. The van der Waals surface area contributed by atoms with Crippen molar-refractivity contribution in [3.05, 3.63) is 48.0 Å². The van der Waals surface area contributed by atoms with Crippen LogP contribution in [0.15, 0.2) is 47.4 Å². The lowest BCUT2D eigenvalue weighted by atomic mass is 10.2. The van der Waals surface area contributed by atoms with Gasteiger partial charge in [-0.15, -0.1) is 0 Å². The highest BCUT2D eigenvalue weighted by molar-refractivity contribution is 7.89. The van der Waals surface area contributed by atoms with E-state index in [2.05, 4.69) is 10.6 Å². The van der Waals surface area contributed by atoms with E-state index in [0.717, 1.165) is 12.8 Å². The molecule has 10 nitrogen and oxygen atoms in total. The molecule has 178 valence electrons. The molecule has 0 aliphatic carbocycles. The van der Waals surface area contributed by atoms with Gasteiger partial charge in [0.25, 0.3) is 5.91 Å². The maximum Gasteiger partial charge on any atom is 0.411 e. The molecule has 2 aromatic rings.